The zero-order valence-corrected chi connectivity index (χ0v) is 16.9. The minimum absolute atomic E-state index is 0.0191. The lowest BCUT2D eigenvalue weighted by atomic mass is 10.2. The number of nitrogens with one attached hydrogen (secondary N) is 1. The summed E-state index contributed by atoms with van der Waals surface area (Å²) in [5, 5.41) is 3.75. The molecule has 152 valence electrons. The molecule has 10 heteroatoms. The number of ether oxygens (including phenoxy) is 3. The molecular formula is C19H19N3O6S. The smallest absolute Gasteiger partial charge is 0.357 e. The molecule has 0 aliphatic heterocycles. The molecule has 1 amide bonds. The van der Waals surface area contributed by atoms with Crippen LogP contribution in [-0.4, -0.2) is 48.7 Å². The Kier molecular flexibility index (Phi) is 6.13. The predicted octanol–water partition coefficient (Wildman–Crippen LogP) is 2.25. The van der Waals surface area contributed by atoms with E-state index in [0.29, 0.717) is 4.88 Å². The summed E-state index contributed by atoms with van der Waals surface area (Å²) in [6.07, 6.45) is 1.65. The summed E-state index contributed by atoms with van der Waals surface area (Å²) in [6.45, 7) is 0.0378. The summed E-state index contributed by atoms with van der Waals surface area (Å²) in [7, 11) is 4.06. The topological polar surface area (TPSA) is 109 Å². The molecule has 0 unspecified atom stereocenters. The van der Waals surface area contributed by atoms with Crippen LogP contribution in [0.15, 0.2) is 30.5 Å². The molecule has 9 nitrogen and oxygen atoms in total. The number of anilines is 1. The van der Waals surface area contributed by atoms with Crippen molar-refractivity contribution in [1.29, 1.82) is 0 Å². The fourth-order valence-corrected chi connectivity index (χ4v) is 3.76. The molecule has 0 saturated carbocycles. The van der Waals surface area contributed by atoms with Crippen LogP contribution in [0.5, 0.6) is 5.75 Å². The predicted molar refractivity (Wildman–Crippen MR) is 106 cm³/mol. The third-order valence-electron chi connectivity index (χ3n) is 4.16. The van der Waals surface area contributed by atoms with Crippen LogP contribution in [0.2, 0.25) is 0 Å². The highest BCUT2D eigenvalue weighted by Crippen LogP contribution is 2.27. The summed E-state index contributed by atoms with van der Waals surface area (Å²) < 4.78 is 16.4. The Labute approximate surface area is 170 Å². The molecule has 1 aromatic carbocycles. The van der Waals surface area contributed by atoms with Crippen molar-refractivity contribution < 1.29 is 28.6 Å². The highest BCUT2D eigenvalue weighted by molar-refractivity contribution is 7.16. The zero-order chi connectivity index (χ0) is 21.0. The Morgan fingerprint density at radius 2 is 1.93 bits per heavy atom. The maximum Gasteiger partial charge on any atom is 0.357 e. The van der Waals surface area contributed by atoms with Crippen LogP contribution in [-0.2, 0) is 32.0 Å². The van der Waals surface area contributed by atoms with Crippen molar-refractivity contribution in [3.63, 3.8) is 0 Å². The van der Waals surface area contributed by atoms with E-state index in [4.69, 9.17) is 9.47 Å². The summed E-state index contributed by atoms with van der Waals surface area (Å²) in [5.74, 6) is -0.828. The van der Waals surface area contributed by atoms with Gasteiger partial charge in [0.25, 0.3) is 0 Å². The number of esters is 2. The first-order valence-electron chi connectivity index (χ1n) is 8.53. The highest BCUT2D eigenvalue weighted by Gasteiger charge is 2.22. The van der Waals surface area contributed by atoms with E-state index in [1.807, 2.05) is 24.3 Å². The standard InChI is InChI=1S/C19H19N3O6S/c1-26-13-6-4-5-12-11(13)7-8-22(12)10-15(23)20-19-21-17(18(25)28-3)14(29-19)9-16(24)27-2/h4-8H,9-10H2,1-3H3,(H,20,21,23). The second kappa shape index (κ2) is 8.74. The summed E-state index contributed by atoms with van der Waals surface area (Å²) >= 11 is 1.02. The summed E-state index contributed by atoms with van der Waals surface area (Å²) in [4.78, 5) is 40.4. The molecular weight excluding hydrogens is 398 g/mol. The summed E-state index contributed by atoms with van der Waals surface area (Å²) in [6, 6.07) is 7.45. The number of hydrogen-bond acceptors (Lipinski definition) is 8. The number of hydrogen-bond donors (Lipinski definition) is 1. The largest absolute Gasteiger partial charge is 0.496 e. The second-order valence-corrected chi connectivity index (χ2v) is 7.00. The van der Waals surface area contributed by atoms with Gasteiger partial charge in [-0.3, -0.25) is 9.59 Å². The SMILES string of the molecule is COC(=O)Cc1sc(NC(=O)Cn2ccc3c(OC)cccc32)nc1C(=O)OC. The van der Waals surface area contributed by atoms with Crippen molar-refractivity contribution >= 4 is 45.2 Å². The van der Waals surface area contributed by atoms with Gasteiger partial charge in [-0.25, -0.2) is 9.78 Å². The van der Waals surface area contributed by atoms with Gasteiger partial charge in [-0.2, -0.15) is 0 Å². The first-order chi connectivity index (χ1) is 14.0. The number of carbonyl (C=O) groups is 3. The number of benzene rings is 1. The van der Waals surface area contributed by atoms with E-state index in [2.05, 4.69) is 15.0 Å². The quantitative estimate of drug-likeness (QED) is 0.587. The zero-order valence-electron chi connectivity index (χ0n) is 16.1. The number of fused-ring (bicyclic) bond motifs is 1. The number of amides is 1. The van der Waals surface area contributed by atoms with Crippen molar-refractivity contribution in [1.82, 2.24) is 9.55 Å². The van der Waals surface area contributed by atoms with Crippen molar-refractivity contribution in [2.45, 2.75) is 13.0 Å². The lowest BCUT2D eigenvalue weighted by molar-refractivity contribution is -0.139. The van der Waals surface area contributed by atoms with Gasteiger partial charge in [0.15, 0.2) is 10.8 Å². The van der Waals surface area contributed by atoms with Crippen molar-refractivity contribution in [3.05, 3.63) is 41.0 Å². The minimum Gasteiger partial charge on any atom is -0.496 e. The number of carbonyl (C=O) groups excluding carboxylic acids is 3. The van der Waals surface area contributed by atoms with E-state index >= 15 is 0 Å². The number of aromatic nitrogens is 2. The molecule has 0 bridgehead atoms. The third-order valence-corrected chi connectivity index (χ3v) is 5.13. The average molecular weight is 417 g/mol. The second-order valence-electron chi connectivity index (χ2n) is 5.92. The van der Waals surface area contributed by atoms with Gasteiger partial charge in [-0.15, -0.1) is 11.3 Å². The molecule has 0 aliphatic rings. The Balaban J connectivity index is 1.78. The van der Waals surface area contributed by atoms with E-state index < -0.39 is 11.9 Å². The van der Waals surface area contributed by atoms with Gasteiger partial charge in [0, 0.05) is 11.6 Å². The van der Waals surface area contributed by atoms with Gasteiger partial charge in [0.1, 0.15) is 12.3 Å². The molecule has 0 aliphatic carbocycles. The Morgan fingerprint density at radius 1 is 1.14 bits per heavy atom. The molecule has 3 aromatic rings. The number of nitrogens with zero attached hydrogens (tertiary/aromatic N) is 2. The molecule has 1 N–H and O–H groups in total. The van der Waals surface area contributed by atoms with E-state index in [0.717, 1.165) is 28.0 Å². The van der Waals surface area contributed by atoms with Crippen LogP contribution in [0, 0.1) is 0 Å². The van der Waals surface area contributed by atoms with Gasteiger partial charge in [-0.05, 0) is 18.2 Å². The monoisotopic (exact) mass is 417 g/mol. The fraction of sp³-hybridized carbons (Fsp3) is 0.263. The van der Waals surface area contributed by atoms with E-state index in [9.17, 15) is 14.4 Å². The van der Waals surface area contributed by atoms with Crippen LogP contribution in [0.3, 0.4) is 0 Å². The third kappa shape index (κ3) is 4.37. The van der Waals surface area contributed by atoms with Crippen molar-refractivity contribution in [3.8, 4) is 5.75 Å². The molecule has 29 heavy (non-hydrogen) atoms. The first-order valence-corrected chi connectivity index (χ1v) is 9.35. The van der Waals surface area contributed by atoms with E-state index in [-0.39, 0.29) is 29.7 Å². The van der Waals surface area contributed by atoms with Gasteiger partial charge in [0.2, 0.25) is 5.91 Å². The van der Waals surface area contributed by atoms with E-state index in [1.165, 1.54) is 14.2 Å². The molecule has 2 aromatic heterocycles. The van der Waals surface area contributed by atoms with Gasteiger partial charge >= 0.3 is 11.9 Å². The van der Waals surface area contributed by atoms with Crippen LogP contribution in [0.25, 0.3) is 10.9 Å². The van der Waals surface area contributed by atoms with Crippen LogP contribution >= 0.6 is 11.3 Å². The molecule has 0 fully saturated rings. The highest BCUT2D eigenvalue weighted by atomic mass is 32.1. The maximum absolute atomic E-state index is 12.5. The lowest BCUT2D eigenvalue weighted by Gasteiger charge is -2.06. The first kappa shape index (κ1) is 20.3. The fourth-order valence-electron chi connectivity index (χ4n) is 2.81. The molecule has 0 saturated heterocycles. The van der Waals surface area contributed by atoms with Crippen LogP contribution in [0.1, 0.15) is 15.4 Å². The van der Waals surface area contributed by atoms with Gasteiger partial charge < -0.3 is 24.1 Å². The van der Waals surface area contributed by atoms with Crippen LogP contribution < -0.4 is 10.1 Å². The molecule has 0 spiro atoms. The number of thiazole rings is 1. The molecule has 0 radical (unpaired) electrons. The van der Waals surface area contributed by atoms with Crippen molar-refractivity contribution in [2.24, 2.45) is 0 Å². The Hall–Kier alpha value is -3.40. The van der Waals surface area contributed by atoms with E-state index in [1.54, 1.807) is 17.9 Å². The summed E-state index contributed by atoms with van der Waals surface area (Å²) in [5.41, 5.74) is 0.828. The normalized spacial score (nSPS) is 10.6. The van der Waals surface area contributed by atoms with Crippen LogP contribution in [0.4, 0.5) is 5.13 Å². The lowest BCUT2D eigenvalue weighted by Crippen LogP contribution is -2.18. The Bertz CT molecular complexity index is 1070. The molecule has 0 atom stereocenters. The minimum atomic E-state index is -0.691. The maximum atomic E-state index is 12.5. The van der Waals surface area contributed by atoms with Gasteiger partial charge in [-0.1, -0.05) is 6.07 Å². The Morgan fingerprint density at radius 3 is 2.62 bits per heavy atom. The van der Waals surface area contributed by atoms with Crippen molar-refractivity contribution in [2.75, 3.05) is 26.6 Å². The average Bonchev–Trinajstić information content (AvgIpc) is 3.31. The molecule has 2 heterocycles. The number of rotatable bonds is 7. The number of methoxy groups -OCH3 is 3. The molecule has 3 rings (SSSR count). The van der Waals surface area contributed by atoms with Gasteiger partial charge in [0.05, 0.1) is 38.1 Å².